The van der Waals surface area contributed by atoms with Crippen molar-refractivity contribution in [3.8, 4) is 0 Å². The Morgan fingerprint density at radius 3 is 3.10 bits per heavy atom. The number of ketones is 1. The molecule has 1 aromatic carbocycles. The summed E-state index contributed by atoms with van der Waals surface area (Å²) >= 11 is 0. The normalized spacial score (nSPS) is 19.0. The van der Waals surface area contributed by atoms with E-state index >= 15 is 0 Å². The Hall–Kier alpha value is -1.65. The molecular weight excluding hydrogens is 252 g/mol. The number of para-hydroxylation sites is 1. The van der Waals surface area contributed by atoms with Crippen molar-refractivity contribution in [2.24, 2.45) is 0 Å². The van der Waals surface area contributed by atoms with Crippen molar-refractivity contribution >= 4 is 16.7 Å². The zero-order valence-electron chi connectivity index (χ0n) is 11.8. The van der Waals surface area contributed by atoms with E-state index in [-0.39, 0.29) is 11.9 Å². The first kappa shape index (κ1) is 13.3. The second-order valence-corrected chi connectivity index (χ2v) is 5.50. The molecule has 0 saturated carbocycles. The van der Waals surface area contributed by atoms with Crippen LogP contribution in [0.15, 0.2) is 30.5 Å². The zero-order valence-corrected chi connectivity index (χ0v) is 11.8. The van der Waals surface area contributed by atoms with Crippen LogP contribution >= 0.6 is 0 Å². The van der Waals surface area contributed by atoms with Crippen molar-refractivity contribution in [1.29, 1.82) is 0 Å². The van der Waals surface area contributed by atoms with Crippen LogP contribution in [0.1, 0.15) is 23.2 Å². The van der Waals surface area contributed by atoms with Gasteiger partial charge in [-0.2, -0.15) is 0 Å². The van der Waals surface area contributed by atoms with Gasteiger partial charge in [-0.05, 0) is 26.0 Å². The summed E-state index contributed by atoms with van der Waals surface area (Å²) in [6.07, 6.45) is 4.34. The van der Waals surface area contributed by atoms with E-state index in [1.54, 1.807) is 0 Å². The van der Waals surface area contributed by atoms with Gasteiger partial charge in [0.25, 0.3) is 0 Å². The van der Waals surface area contributed by atoms with Crippen LogP contribution < -0.4 is 0 Å². The van der Waals surface area contributed by atoms with Gasteiger partial charge >= 0.3 is 0 Å². The molecule has 20 heavy (non-hydrogen) atoms. The first-order valence-corrected chi connectivity index (χ1v) is 7.13. The number of H-pyrrole nitrogens is 1. The lowest BCUT2D eigenvalue weighted by Crippen LogP contribution is -2.33. The number of aromatic amines is 1. The van der Waals surface area contributed by atoms with Crippen LogP contribution in [0.3, 0.4) is 0 Å². The third kappa shape index (κ3) is 2.76. The zero-order chi connectivity index (χ0) is 13.9. The number of ether oxygens (including phenoxy) is 1. The smallest absolute Gasteiger partial charge is 0.178 e. The molecule has 106 valence electrons. The SMILES string of the molecule is CN(CC(=O)c1c[nH]c2ccccc12)CC1CCCO1. The van der Waals surface area contributed by atoms with Crippen LogP contribution in [-0.4, -0.2) is 48.5 Å². The van der Waals surface area contributed by atoms with Gasteiger partial charge in [-0.1, -0.05) is 18.2 Å². The Labute approximate surface area is 118 Å². The highest BCUT2D eigenvalue weighted by Gasteiger charge is 2.20. The number of hydrogen-bond acceptors (Lipinski definition) is 3. The summed E-state index contributed by atoms with van der Waals surface area (Å²) in [5, 5.41) is 1.00. The van der Waals surface area contributed by atoms with Gasteiger partial charge in [0.05, 0.1) is 12.6 Å². The minimum atomic E-state index is 0.156. The Morgan fingerprint density at radius 1 is 1.45 bits per heavy atom. The molecule has 1 atom stereocenters. The third-order valence-corrected chi connectivity index (χ3v) is 3.84. The maximum Gasteiger partial charge on any atom is 0.178 e. The summed E-state index contributed by atoms with van der Waals surface area (Å²) in [6.45, 7) is 2.12. The van der Waals surface area contributed by atoms with E-state index < -0.39 is 0 Å². The summed E-state index contributed by atoms with van der Waals surface area (Å²) in [6, 6.07) is 7.90. The summed E-state index contributed by atoms with van der Waals surface area (Å²) in [5.41, 5.74) is 1.79. The number of carbonyl (C=O) groups is 1. The van der Waals surface area contributed by atoms with Crippen molar-refractivity contribution in [1.82, 2.24) is 9.88 Å². The van der Waals surface area contributed by atoms with Crippen molar-refractivity contribution in [3.63, 3.8) is 0 Å². The molecule has 0 spiro atoms. The first-order chi connectivity index (χ1) is 9.74. The number of carbonyl (C=O) groups excluding carboxylic acids is 1. The second kappa shape index (κ2) is 5.77. The second-order valence-electron chi connectivity index (χ2n) is 5.50. The fourth-order valence-corrected chi connectivity index (χ4v) is 2.83. The number of nitrogens with one attached hydrogen (secondary N) is 1. The molecule has 1 saturated heterocycles. The maximum absolute atomic E-state index is 12.4. The average Bonchev–Trinajstić information content (AvgIpc) is 3.07. The van der Waals surface area contributed by atoms with Crippen molar-refractivity contribution in [2.75, 3.05) is 26.7 Å². The number of rotatable bonds is 5. The summed E-state index contributed by atoms with van der Waals surface area (Å²) in [7, 11) is 1.98. The molecule has 1 N–H and O–H groups in total. The van der Waals surface area contributed by atoms with E-state index in [2.05, 4.69) is 9.88 Å². The van der Waals surface area contributed by atoms with Gasteiger partial charge in [-0.15, -0.1) is 0 Å². The number of aromatic nitrogens is 1. The van der Waals surface area contributed by atoms with Gasteiger partial charge in [0.2, 0.25) is 0 Å². The lowest BCUT2D eigenvalue weighted by atomic mass is 10.1. The molecule has 0 radical (unpaired) electrons. The Balaban J connectivity index is 1.66. The fourth-order valence-electron chi connectivity index (χ4n) is 2.83. The van der Waals surface area contributed by atoms with E-state index in [9.17, 15) is 4.79 Å². The molecule has 1 aliphatic heterocycles. The highest BCUT2D eigenvalue weighted by molar-refractivity contribution is 6.08. The predicted octanol–water partition coefficient (Wildman–Crippen LogP) is 2.46. The number of likely N-dealkylation sites (N-methyl/N-ethyl adjacent to an activating group) is 1. The molecule has 0 bridgehead atoms. The van der Waals surface area contributed by atoms with Crippen LogP contribution in [0.5, 0.6) is 0 Å². The number of nitrogens with zero attached hydrogens (tertiary/aromatic N) is 1. The van der Waals surface area contributed by atoms with Crippen LogP contribution in [0, 0.1) is 0 Å². The van der Waals surface area contributed by atoms with E-state index in [0.717, 1.165) is 42.5 Å². The fraction of sp³-hybridized carbons (Fsp3) is 0.438. The minimum absolute atomic E-state index is 0.156. The molecule has 2 heterocycles. The van der Waals surface area contributed by atoms with Gasteiger partial charge in [0.15, 0.2) is 5.78 Å². The van der Waals surface area contributed by atoms with E-state index in [4.69, 9.17) is 4.74 Å². The number of hydrogen-bond donors (Lipinski definition) is 1. The minimum Gasteiger partial charge on any atom is -0.377 e. The van der Waals surface area contributed by atoms with Gasteiger partial charge in [-0.25, -0.2) is 0 Å². The lowest BCUT2D eigenvalue weighted by molar-refractivity contribution is 0.0741. The maximum atomic E-state index is 12.4. The summed E-state index contributed by atoms with van der Waals surface area (Å²) in [5.74, 6) is 0.156. The van der Waals surface area contributed by atoms with Crippen LogP contribution in [0.4, 0.5) is 0 Å². The first-order valence-electron chi connectivity index (χ1n) is 7.13. The highest BCUT2D eigenvalue weighted by Crippen LogP contribution is 2.19. The molecule has 0 aliphatic carbocycles. The number of Topliss-reactive ketones (excluding diaryl/α,β-unsaturated/α-hetero) is 1. The van der Waals surface area contributed by atoms with Crippen molar-refractivity contribution in [2.45, 2.75) is 18.9 Å². The molecule has 3 rings (SSSR count). The van der Waals surface area contributed by atoms with Crippen LogP contribution in [-0.2, 0) is 4.74 Å². The lowest BCUT2D eigenvalue weighted by Gasteiger charge is -2.19. The molecular formula is C16H20N2O2. The van der Waals surface area contributed by atoms with Gasteiger partial charge in [0.1, 0.15) is 0 Å². The third-order valence-electron chi connectivity index (χ3n) is 3.84. The van der Waals surface area contributed by atoms with E-state index in [0.29, 0.717) is 6.54 Å². The molecule has 1 fully saturated rings. The molecule has 1 unspecified atom stereocenters. The predicted molar refractivity (Wildman–Crippen MR) is 79.1 cm³/mol. The number of benzene rings is 1. The molecule has 1 aromatic heterocycles. The monoisotopic (exact) mass is 272 g/mol. The topological polar surface area (TPSA) is 45.3 Å². The quantitative estimate of drug-likeness (QED) is 0.850. The highest BCUT2D eigenvalue weighted by atomic mass is 16.5. The summed E-state index contributed by atoms with van der Waals surface area (Å²) < 4.78 is 5.61. The Morgan fingerprint density at radius 2 is 2.30 bits per heavy atom. The van der Waals surface area contributed by atoms with Gasteiger partial charge < -0.3 is 9.72 Å². The molecule has 2 aromatic rings. The average molecular weight is 272 g/mol. The molecule has 0 amide bonds. The molecule has 4 nitrogen and oxygen atoms in total. The summed E-state index contributed by atoms with van der Waals surface area (Å²) in [4.78, 5) is 17.6. The van der Waals surface area contributed by atoms with Crippen molar-refractivity contribution < 1.29 is 9.53 Å². The standard InChI is InChI=1S/C16H20N2O2/c1-18(10-12-5-4-8-20-12)11-16(19)14-9-17-15-7-3-2-6-13(14)15/h2-3,6-7,9,12,17H,4-5,8,10-11H2,1H3. The molecule has 4 heteroatoms. The van der Waals surface area contributed by atoms with Gasteiger partial charge in [-0.3, -0.25) is 9.69 Å². The van der Waals surface area contributed by atoms with E-state index in [1.165, 1.54) is 0 Å². The Bertz CT molecular complexity index is 599. The number of fused-ring (bicyclic) bond motifs is 1. The molecule has 1 aliphatic rings. The van der Waals surface area contributed by atoms with Crippen LogP contribution in [0.25, 0.3) is 10.9 Å². The van der Waals surface area contributed by atoms with E-state index in [1.807, 2.05) is 37.5 Å². The largest absolute Gasteiger partial charge is 0.377 e. The van der Waals surface area contributed by atoms with Crippen LogP contribution in [0.2, 0.25) is 0 Å². The Kier molecular flexibility index (Phi) is 3.85. The van der Waals surface area contributed by atoms with Gasteiger partial charge in [0, 0.05) is 35.8 Å². The van der Waals surface area contributed by atoms with Crippen molar-refractivity contribution in [3.05, 3.63) is 36.0 Å².